The topological polar surface area (TPSA) is 6.48 Å². The Labute approximate surface area is 127 Å². The Bertz CT molecular complexity index is 493. The highest BCUT2D eigenvalue weighted by Gasteiger charge is 2.16. The van der Waals surface area contributed by atoms with Gasteiger partial charge in [0, 0.05) is 32.7 Å². The number of alkyl halides is 1. The van der Waals surface area contributed by atoms with Crippen molar-refractivity contribution in [2.75, 3.05) is 38.6 Å². The number of aryl methyl sites for hydroxylation is 2. The van der Waals surface area contributed by atoms with Crippen LogP contribution in [0.1, 0.15) is 16.7 Å². The normalized spacial score (nSPS) is 16.8. The van der Waals surface area contributed by atoms with Crippen molar-refractivity contribution in [3.8, 4) is 11.8 Å². The van der Waals surface area contributed by atoms with Gasteiger partial charge >= 0.3 is 0 Å². The minimum absolute atomic E-state index is 0.437. The van der Waals surface area contributed by atoms with Gasteiger partial charge in [0.25, 0.3) is 0 Å². The van der Waals surface area contributed by atoms with Crippen LogP contribution in [-0.4, -0.2) is 48.4 Å². The number of rotatable bonds is 3. The summed E-state index contributed by atoms with van der Waals surface area (Å²) < 4.78 is 0. The van der Waals surface area contributed by atoms with E-state index in [1.807, 2.05) is 0 Å². The maximum absolute atomic E-state index is 5.56. The highest BCUT2D eigenvalue weighted by Crippen LogP contribution is 2.13. The van der Waals surface area contributed by atoms with Crippen LogP contribution in [0, 0.1) is 25.7 Å². The van der Waals surface area contributed by atoms with Crippen LogP contribution in [0.5, 0.6) is 0 Å². The largest absolute Gasteiger partial charge is 0.297 e. The molecule has 0 atom stereocenters. The van der Waals surface area contributed by atoms with E-state index in [1.165, 1.54) is 16.7 Å². The van der Waals surface area contributed by atoms with Crippen molar-refractivity contribution in [2.45, 2.75) is 20.4 Å². The average molecular weight is 291 g/mol. The lowest BCUT2D eigenvalue weighted by Gasteiger charge is -2.33. The van der Waals surface area contributed by atoms with Crippen molar-refractivity contribution in [2.24, 2.45) is 0 Å². The van der Waals surface area contributed by atoms with Gasteiger partial charge in [0.05, 0.1) is 12.4 Å². The van der Waals surface area contributed by atoms with E-state index in [4.69, 9.17) is 11.6 Å². The van der Waals surface area contributed by atoms with E-state index < -0.39 is 0 Å². The van der Waals surface area contributed by atoms with Crippen LogP contribution >= 0.6 is 11.6 Å². The van der Waals surface area contributed by atoms with Crippen molar-refractivity contribution >= 4 is 11.6 Å². The van der Waals surface area contributed by atoms with Crippen molar-refractivity contribution in [1.29, 1.82) is 0 Å². The molecular weight excluding hydrogens is 268 g/mol. The van der Waals surface area contributed by atoms with Gasteiger partial charge in [0.15, 0.2) is 0 Å². The zero-order valence-electron chi connectivity index (χ0n) is 12.5. The molecule has 2 nitrogen and oxygen atoms in total. The molecule has 3 heteroatoms. The summed E-state index contributed by atoms with van der Waals surface area (Å²) in [5.41, 5.74) is 4.18. The number of hydrogen-bond donors (Lipinski definition) is 0. The Balaban J connectivity index is 1.80. The standard InChI is InChI=1S/C17H23ClN2/c1-15-5-6-17(13-16(15)2)14-20-11-9-19(10-12-20)8-4-3-7-18/h5-6,13H,7-12,14H2,1-2H3. The molecule has 0 aromatic heterocycles. The minimum atomic E-state index is 0.437. The van der Waals surface area contributed by atoms with Crippen LogP contribution in [0.4, 0.5) is 0 Å². The molecule has 108 valence electrons. The first-order valence-electron chi connectivity index (χ1n) is 7.21. The lowest BCUT2D eigenvalue weighted by atomic mass is 10.1. The van der Waals surface area contributed by atoms with Gasteiger partial charge in [-0.15, -0.1) is 11.6 Å². The highest BCUT2D eigenvalue weighted by molar-refractivity contribution is 6.19. The van der Waals surface area contributed by atoms with E-state index in [9.17, 15) is 0 Å². The monoisotopic (exact) mass is 290 g/mol. The third kappa shape index (κ3) is 4.52. The fourth-order valence-electron chi connectivity index (χ4n) is 2.48. The molecule has 2 rings (SSSR count). The van der Waals surface area contributed by atoms with E-state index in [2.05, 4.69) is 53.7 Å². The van der Waals surface area contributed by atoms with Gasteiger partial charge in [-0.25, -0.2) is 0 Å². The van der Waals surface area contributed by atoms with Gasteiger partial charge in [-0.05, 0) is 30.5 Å². The SMILES string of the molecule is Cc1ccc(CN2CCN(CC#CCCl)CC2)cc1C. The average Bonchev–Trinajstić information content (AvgIpc) is 2.45. The van der Waals surface area contributed by atoms with E-state index in [-0.39, 0.29) is 0 Å². The maximum atomic E-state index is 5.56. The summed E-state index contributed by atoms with van der Waals surface area (Å²) in [5, 5.41) is 0. The van der Waals surface area contributed by atoms with Crippen LogP contribution in [0.3, 0.4) is 0 Å². The molecule has 0 saturated carbocycles. The number of nitrogens with zero attached hydrogens (tertiary/aromatic N) is 2. The van der Waals surface area contributed by atoms with Crippen LogP contribution < -0.4 is 0 Å². The molecule has 1 aromatic rings. The Morgan fingerprint density at radius 3 is 2.35 bits per heavy atom. The fraction of sp³-hybridized carbons (Fsp3) is 0.529. The zero-order valence-corrected chi connectivity index (χ0v) is 13.2. The lowest BCUT2D eigenvalue weighted by Crippen LogP contribution is -2.45. The van der Waals surface area contributed by atoms with Crippen LogP contribution in [0.25, 0.3) is 0 Å². The summed E-state index contributed by atoms with van der Waals surface area (Å²) in [4.78, 5) is 4.92. The van der Waals surface area contributed by atoms with Crippen molar-refractivity contribution in [3.05, 3.63) is 34.9 Å². The summed E-state index contributed by atoms with van der Waals surface area (Å²) >= 11 is 5.56. The molecule has 0 aliphatic carbocycles. The Morgan fingerprint density at radius 2 is 1.70 bits per heavy atom. The molecule has 0 radical (unpaired) electrons. The molecule has 1 fully saturated rings. The van der Waals surface area contributed by atoms with Gasteiger partial charge in [-0.3, -0.25) is 9.80 Å². The number of piperazine rings is 1. The van der Waals surface area contributed by atoms with Gasteiger partial charge in [0.1, 0.15) is 0 Å². The highest BCUT2D eigenvalue weighted by atomic mass is 35.5. The summed E-state index contributed by atoms with van der Waals surface area (Å²) in [5.74, 6) is 6.46. The second kappa shape index (κ2) is 7.69. The molecule has 0 spiro atoms. The van der Waals surface area contributed by atoms with Crippen molar-refractivity contribution in [1.82, 2.24) is 9.80 Å². The van der Waals surface area contributed by atoms with Crippen LogP contribution in [-0.2, 0) is 6.54 Å². The third-order valence-corrected chi connectivity index (χ3v) is 4.07. The predicted molar refractivity (Wildman–Crippen MR) is 86.1 cm³/mol. The van der Waals surface area contributed by atoms with Crippen LogP contribution in [0.15, 0.2) is 18.2 Å². The molecule has 20 heavy (non-hydrogen) atoms. The van der Waals surface area contributed by atoms with Gasteiger partial charge < -0.3 is 0 Å². The van der Waals surface area contributed by atoms with Gasteiger partial charge in [-0.1, -0.05) is 30.0 Å². The Kier molecular flexibility index (Phi) is 5.91. The van der Waals surface area contributed by atoms with Gasteiger partial charge in [-0.2, -0.15) is 0 Å². The fourth-order valence-corrected chi connectivity index (χ4v) is 2.58. The number of benzene rings is 1. The smallest absolute Gasteiger partial charge is 0.0835 e. The number of halogens is 1. The molecule has 0 N–H and O–H groups in total. The maximum Gasteiger partial charge on any atom is 0.0835 e. The first-order chi connectivity index (χ1) is 9.69. The van der Waals surface area contributed by atoms with E-state index >= 15 is 0 Å². The summed E-state index contributed by atoms with van der Waals surface area (Å²) in [7, 11) is 0. The number of hydrogen-bond acceptors (Lipinski definition) is 2. The molecule has 1 heterocycles. The zero-order chi connectivity index (χ0) is 14.4. The second-order valence-corrected chi connectivity index (χ2v) is 5.73. The molecule has 0 bridgehead atoms. The summed E-state index contributed by atoms with van der Waals surface area (Å²) in [6.07, 6.45) is 0. The van der Waals surface area contributed by atoms with Gasteiger partial charge in [0.2, 0.25) is 0 Å². The Morgan fingerprint density at radius 1 is 1.00 bits per heavy atom. The molecule has 1 aliphatic rings. The van der Waals surface area contributed by atoms with Crippen LogP contribution in [0.2, 0.25) is 0 Å². The van der Waals surface area contributed by atoms with E-state index in [1.54, 1.807) is 0 Å². The first-order valence-corrected chi connectivity index (χ1v) is 7.75. The molecular formula is C17H23ClN2. The molecule has 1 saturated heterocycles. The first kappa shape index (κ1) is 15.4. The minimum Gasteiger partial charge on any atom is -0.297 e. The van der Waals surface area contributed by atoms with E-state index in [0.717, 1.165) is 39.3 Å². The predicted octanol–water partition coefficient (Wildman–Crippen LogP) is 2.66. The summed E-state index contributed by atoms with van der Waals surface area (Å²) in [6, 6.07) is 6.79. The Hall–Kier alpha value is -1.01. The molecule has 0 amide bonds. The van der Waals surface area contributed by atoms with Crippen molar-refractivity contribution < 1.29 is 0 Å². The van der Waals surface area contributed by atoms with E-state index in [0.29, 0.717) is 5.88 Å². The molecule has 0 unspecified atom stereocenters. The third-order valence-electron chi connectivity index (χ3n) is 3.94. The van der Waals surface area contributed by atoms with Crippen molar-refractivity contribution in [3.63, 3.8) is 0 Å². The summed E-state index contributed by atoms with van der Waals surface area (Å²) in [6.45, 7) is 10.7. The lowest BCUT2D eigenvalue weighted by molar-refractivity contribution is 0.138. The molecule has 1 aliphatic heterocycles. The quantitative estimate of drug-likeness (QED) is 0.624. The second-order valence-electron chi connectivity index (χ2n) is 5.46. The molecule has 1 aromatic carbocycles.